The van der Waals surface area contributed by atoms with Crippen LogP contribution in [-0.4, -0.2) is 56.2 Å². The molecule has 5 nitrogen and oxygen atoms in total. The van der Waals surface area contributed by atoms with Crippen molar-refractivity contribution < 1.29 is 9.53 Å². The summed E-state index contributed by atoms with van der Waals surface area (Å²) in [5.41, 5.74) is 7.03. The highest BCUT2D eigenvalue weighted by atomic mass is 16.5. The minimum Gasteiger partial charge on any atom is -0.379 e. The predicted molar refractivity (Wildman–Crippen MR) is 83.0 cm³/mol. The van der Waals surface area contributed by atoms with E-state index in [-0.39, 0.29) is 5.91 Å². The van der Waals surface area contributed by atoms with Crippen LogP contribution in [-0.2, 0) is 16.0 Å². The number of nitrogens with one attached hydrogen (secondary N) is 1. The Bertz CT molecular complexity index is 419. The maximum Gasteiger partial charge on any atom is 0.237 e. The van der Waals surface area contributed by atoms with Gasteiger partial charge in [0.05, 0.1) is 19.3 Å². The SMILES string of the molecule is N[C@@H](Cc1ccccc1)C(=O)NCCCN1CCOCC1. The molecule has 0 saturated carbocycles. The number of carbonyl (C=O) groups excluding carboxylic acids is 1. The second-order valence-electron chi connectivity index (χ2n) is 5.39. The normalized spacial score (nSPS) is 17.4. The zero-order chi connectivity index (χ0) is 14.9. The van der Waals surface area contributed by atoms with Gasteiger partial charge >= 0.3 is 0 Å². The lowest BCUT2D eigenvalue weighted by atomic mass is 10.1. The molecular formula is C16H25N3O2. The van der Waals surface area contributed by atoms with E-state index in [0.29, 0.717) is 13.0 Å². The second kappa shape index (κ2) is 8.77. The van der Waals surface area contributed by atoms with Crippen LogP contribution in [0, 0.1) is 0 Å². The van der Waals surface area contributed by atoms with Gasteiger partial charge in [0.1, 0.15) is 0 Å². The fraction of sp³-hybridized carbons (Fsp3) is 0.562. The molecule has 0 radical (unpaired) electrons. The zero-order valence-corrected chi connectivity index (χ0v) is 12.5. The summed E-state index contributed by atoms with van der Waals surface area (Å²) in [5, 5.41) is 2.92. The van der Waals surface area contributed by atoms with Crippen LogP contribution in [0.3, 0.4) is 0 Å². The van der Waals surface area contributed by atoms with Gasteiger partial charge in [-0.2, -0.15) is 0 Å². The first-order valence-electron chi connectivity index (χ1n) is 7.63. The molecule has 3 N–H and O–H groups in total. The number of hydrogen-bond acceptors (Lipinski definition) is 4. The Morgan fingerprint density at radius 3 is 2.71 bits per heavy atom. The van der Waals surface area contributed by atoms with E-state index in [4.69, 9.17) is 10.5 Å². The number of ether oxygens (including phenoxy) is 1. The van der Waals surface area contributed by atoms with Crippen molar-refractivity contribution in [2.24, 2.45) is 5.73 Å². The molecule has 2 rings (SSSR count). The molecular weight excluding hydrogens is 266 g/mol. The van der Waals surface area contributed by atoms with E-state index in [2.05, 4.69) is 10.2 Å². The fourth-order valence-corrected chi connectivity index (χ4v) is 2.43. The highest BCUT2D eigenvalue weighted by Crippen LogP contribution is 2.02. The third-order valence-electron chi connectivity index (χ3n) is 3.69. The number of morpholine rings is 1. The van der Waals surface area contributed by atoms with Crippen molar-refractivity contribution >= 4 is 5.91 Å². The van der Waals surface area contributed by atoms with Gasteiger partial charge in [-0.1, -0.05) is 30.3 Å². The van der Waals surface area contributed by atoms with Gasteiger partial charge in [-0.25, -0.2) is 0 Å². The summed E-state index contributed by atoms with van der Waals surface area (Å²) in [6.07, 6.45) is 1.53. The van der Waals surface area contributed by atoms with E-state index < -0.39 is 6.04 Å². The van der Waals surface area contributed by atoms with Gasteiger partial charge in [0.25, 0.3) is 0 Å². The summed E-state index contributed by atoms with van der Waals surface area (Å²) >= 11 is 0. The average Bonchev–Trinajstić information content (AvgIpc) is 2.53. The van der Waals surface area contributed by atoms with Gasteiger partial charge in [0, 0.05) is 19.6 Å². The molecule has 1 aliphatic heterocycles. The van der Waals surface area contributed by atoms with Crippen molar-refractivity contribution in [3.63, 3.8) is 0 Å². The minimum absolute atomic E-state index is 0.0687. The minimum atomic E-state index is -0.476. The Kier molecular flexibility index (Phi) is 6.66. The predicted octanol–water partition coefficient (Wildman–Crippen LogP) is 0.395. The van der Waals surface area contributed by atoms with Crippen molar-refractivity contribution in [3.05, 3.63) is 35.9 Å². The largest absolute Gasteiger partial charge is 0.379 e. The van der Waals surface area contributed by atoms with Crippen LogP contribution in [0.15, 0.2) is 30.3 Å². The topological polar surface area (TPSA) is 67.6 Å². The summed E-state index contributed by atoms with van der Waals surface area (Å²) < 4.78 is 5.30. The molecule has 1 aromatic carbocycles. The molecule has 0 spiro atoms. The first-order chi connectivity index (χ1) is 10.3. The lowest BCUT2D eigenvalue weighted by Gasteiger charge is -2.26. The lowest BCUT2D eigenvalue weighted by Crippen LogP contribution is -2.43. The maximum absolute atomic E-state index is 11.9. The Morgan fingerprint density at radius 1 is 1.29 bits per heavy atom. The van der Waals surface area contributed by atoms with Crippen molar-refractivity contribution in [2.45, 2.75) is 18.9 Å². The smallest absolute Gasteiger partial charge is 0.237 e. The summed E-state index contributed by atoms with van der Waals surface area (Å²) in [4.78, 5) is 14.3. The van der Waals surface area contributed by atoms with Crippen molar-refractivity contribution in [2.75, 3.05) is 39.4 Å². The molecule has 1 aromatic rings. The van der Waals surface area contributed by atoms with E-state index in [9.17, 15) is 4.79 Å². The quantitative estimate of drug-likeness (QED) is 0.713. The molecule has 21 heavy (non-hydrogen) atoms. The second-order valence-corrected chi connectivity index (χ2v) is 5.39. The maximum atomic E-state index is 11.9. The van der Waals surface area contributed by atoms with Gasteiger partial charge in [-0.3, -0.25) is 9.69 Å². The molecule has 0 aliphatic carbocycles. The van der Waals surface area contributed by atoms with Crippen LogP contribution in [0.5, 0.6) is 0 Å². The monoisotopic (exact) mass is 291 g/mol. The van der Waals surface area contributed by atoms with Crippen LogP contribution in [0.25, 0.3) is 0 Å². The van der Waals surface area contributed by atoms with E-state index in [1.54, 1.807) is 0 Å². The Balaban J connectivity index is 1.60. The van der Waals surface area contributed by atoms with Gasteiger partial charge in [0.15, 0.2) is 0 Å². The standard InChI is InChI=1S/C16H25N3O2/c17-15(13-14-5-2-1-3-6-14)16(20)18-7-4-8-19-9-11-21-12-10-19/h1-3,5-6,15H,4,7-13,17H2,(H,18,20)/t15-/m0/s1. The number of amides is 1. The average molecular weight is 291 g/mol. The van der Waals surface area contributed by atoms with E-state index >= 15 is 0 Å². The number of nitrogens with two attached hydrogens (primary N) is 1. The first-order valence-corrected chi connectivity index (χ1v) is 7.63. The van der Waals surface area contributed by atoms with Crippen molar-refractivity contribution in [1.82, 2.24) is 10.2 Å². The molecule has 0 aromatic heterocycles. The molecule has 1 saturated heterocycles. The van der Waals surface area contributed by atoms with E-state index in [1.165, 1.54) is 0 Å². The third-order valence-corrected chi connectivity index (χ3v) is 3.69. The first kappa shape index (κ1) is 15.9. The summed E-state index contributed by atoms with van der Waals surface area (Å²) in [6, 6.07) is 9.39. The Labute approximate surface area is 126 Å². The van der Waals surface area contributed by atoms with Crippen molar-refractivity contribution in [3.8, 4) is 0 Å². The molecule has 1 aliphatic rings. The highest BCUT2D eigenvalue weighted by molar-refractivity contribution is 5.81. The van der Waals surface area contributed by atoms with Gasteiger partial charge in [0.2, 0.25) is 5.91 Å². The van der Waals surface area contributed by atoms with E-state index in [0.717, 1.165) is 44.8 Å². The number of benzene rings is 1. The third kappa shape index (κ3) is 5.83. The number of hydrogen-bond donors (Lipinski definition) is 2. The zero-order valence-electron chi connectivity index (χ0n) is 12.5. The Hall–Kier alpha value is -1.43. The molecule has 0 bridgehead atoms. The van der Waals surface area contributed by atoms with Crippen LogP contribution in [0.4, 0.5) is 0 Å². The number of rotatable bonds is 7. The molecule has 1 fully saturated rings. The van der Waals surface area contributed by atoms with Crippen LogP contribution in [0.1, 0.15) is 12.0 Å². The fourth-order valence-electron chi connectivity index (χ4n) is 2.43. The number of carbonyl (C=O) groups is 1. The molecule has 1 amide bonds. The van der Waals surface area contributed by atoms with Crippen LogP contribution >= 0.6 is 0 Å². The van der Waals surface area contributed by atoms with Crippen molar-refractivity contribution in [1.29, 1.82) is 0 Å². The molecule has 1 heterocycles. The van der Waals surface area contributed by atoms with Gasteiger partial charge in [-0.05, 0) is 24.9 Å². The lowest BCUT2D eigenvalue weighted by molar-refractivity contribution is -0.122. The van der Waals surface area contributed by atoms with Gasteiger partial charge < -0.3 is 15.8 Å². The summed E-state index contributed by atoms with van der Waals surface area (Å²) in [5.74, 6) is -0.0687. The van der Waals surface area contributed by atoms with Gasteiger partial charge in [-0.15, -0.1) is 0 Å². The molecule has 5 heteroatoms. The summed E-state index contributed by atoms with van der Waals surface area (Å²) in [6.45, 7) is 5.28. The highest BCUT2D eigenvalue weighted by Gasteiger charge is 2.14. The van der Waals surface area contributed by atoms with Crippen LogP contribution in [0.2, 0.25) is 0 Å². The molecule has 116 valence electrons. The summed E-state index contributed by atoms with van der Waals surface area (Å²) in [7, 11) is 0. The molecule has 0 unspecified atom stereocenters. The Morgan fingerprint density at radius 2 is 2.00 bits per heavy atom. The molecule has 1 atom stereocenters. The van der Waals surface area contributed by atoms with Crippen LogP contribution < -0.4 is 11.1 Å². The van der Waals surface area contributed by atoms with E-state index in [1.807, 2.05) is 30.3 Å². The number of nitrogens with zero attached hydrogens (tertiary/aromatic N) is 1.